The third-order valence-corrected chi connectivity index (χ3v) is 4.96. The van der Waals surface area contributed by atoms with Gasteiger partial charge in [-0.2, -0.15) is 0 Å². The monoisotopic (exact) mass is 328 g/mol. The maximum Gasteiger partial charge on any atom is 0.251 e. The maximum absolute atomic E-state index is 12.5. The summed E-state index contributed by atoms with van der Waals surface area (Å²) in [4.78, 5) is 17.2. The lowest BCUT2D eigenvalue weighted by atomic mass is 9.88. The number of benzene rings is 1. The summed E-state index contributed by atoms with van der Waals surface area (Å²) in [6.07, 6.45) is 5.89. The highest BCUT2D eigenvalue weighted by atomic mass is 16.5. The third kappa shape index (κ3) is 3.97. The van der Waals surface area contributed by atoms with E-state index in [0.29, 0.717) is 24.1 Å². The molecule has 0 spiro atoms. The van der Waals surface area contributed by atoms with Crippen molar-refractivity contribution in [1.29, 1.82) is 0 Å². The van der Waals surface area contributed by atoms with Crippen LogP contribution in [0.1, 0.15) is 68.8 Å². The SMILES string of the molecule is CC(C)(C)C1COC(c2cccc(C(=O)NC3CCCCC3)c2)=N1. The molecule has 1 saturated carbocycles. The topological polar surface area (TPSA) is 50.7 Å². The first-order chi connectivity index (χ1) is 11.4. The summed E-state index contributed by atoms with van der Waals surface area (Å²) in [5.74, 6) is 0.664. The Kier molecular flexibility index (Phi) is 4.93. The predicted molar refractivity (Wildman–Crippen MR) is 96.5 cm³/mol. The Balaban J connectivity index is 1.71. The molecule has 1 aromatic carbocycles. The molecule has 130 valence electrons. The molecular formula is C20H28N2O2. The zero-order chi connectivity index (χ0) is 17.2. The van der Waals surface area contributed by atoms with E-state index in [1.54, 1.807) is 0 Å². The summed E-state index contributed by atoms with van der Waals surface area (Å²) in [5.41, 5.74) is 1.65. The largest absolute Gasteiger partial charge is 0.475 e. The highest BCUT2D eigenvalue weighted by Gasteiger charge is 2.30. The first kappa shape index (κ1) is 17.0. The lowest BCUT2D eigenvalue weighted by molar-refractivity contribution is 0.0927. The van der Waals surface area contributed by atoms with Gasteiger partial charge in [0.15, 0.2) is 0 Å². The molecule has 1 amide bonds. The van der Waals surface area contributed by atoms with Crippen molar-refractivity contribution in [3.05, 3.63) is 35.4 Å². The normalized spacial score (nSPS) is 22.0. The van der Waals surface area contributed by atoms with Gasteiger partial charge >= 0.3 is 0 Å². The number of carbonyl (C=O) groups excluding carboxylic acids is 1. The van der Waals surface area contributed by atoms with Gasteiger partial charge in [-0.1, -0.05) is 46.1 Å². The van der Waals surface area contributed by atoms with Crippen LogP contribution in [0.3, 0.4) is 0 Å². The van der Waals surface area contributed by atoms with E-state index in [0.717, 1.165) is 18.4 Å². The number of carbonyl (C=O) groups is 1. The van der Waals surface area contributed by atoms with E-state index in [9.17, 15) is 4.79 Å². The molecule has 1 aliphatic carbocycles. The predicted octanol–water partition coefficient (Wildman–Crippen LogP) is 3.94. The van der Waals surface area contributed by atoms with Gasteiger partial charge in [-0.25, -0.2) is 4.99 Å². The van der Waals surface area contributed by atoms with Crippen molar-refractivity contribution >= 4 is 11.8 Å². The number of ether oxygens (including phenoxy) is 1. The molecule has 1 unspecified atom stereocenters. The Morgan fingerprint density at radius 3 is 2.62 bits per heavy atom. The quantitative estimate of drug-likeness (QED) is 0.913. The molecule has 1 aliphatic heterocycles. The first-order valence-electron chi connectivity index (χ1n) is 9.05. The van der Waals surface area contributed by atoms with E-state index in [2.05, 4.69) is 26.1 Å². The molecule has 1 heterocycles. The molecule has 0 bridgehead atoms. The van der Waals surface area contributed by atoms with Crippen LogP contribution in [0.25, 0.3) is 0 Å². The van der Waals surface area contributed by atoms with Crippen molar-refractivity contribution in [3.63, 3.8) is 0 Å². The van der Waals surface area contributed by atoms with Crippen molar-refractivity contribution in [2.75, 3.05) is 6.61 Å². The Bertz CT molecular complexity index is 625. The van der Waals surface area contributed by atoms with E-state index in [1.807, 2.05) is 24.3 Å². The summed E-state index contributed by atoms with van der Waals surface area (Å²) < 4.78 is 5.78. The second-order valence-electron chi connectivity index (χ2n) is 8.02. The zero-order valence-electron chi connectivity index (χ0n) is 15.0. The van der Waals surface area contributed by atoms with Gasteiger partial charge in [0.25, 0.3) is 5.91 Å². The number of amides is 1. The molecule has 0 aromatic heterocycles. The molecule has 1 atom stereocenters. The minimum absolute atomic E-state index is 0.00900. The smallest absolute Gasteiger partial charge is 0.251 e. The van der Waals surface area contributed by atoms with E-state index >= 15 is 0 Å². The summed E-state index contributed by atoms with van der Waals surface area (Å²) in [6.45, 7) is 7.11. The molecule has 0 radical (unpaired) electrons. The van der Waals surface area contributed by atoms with Gasteiger partial charge in [0.1, 0.15) is 6.61 Å². The minimum Gasteiger partial charge on any atom is -0.475 e. The van der Waals surface area contributed by atoms with Gasteiger partial charge in [-0.05, 0) is 36.5 Å². The number of aliphatic imine (C=N–C) groups is 1. The molecular weight excluding hydrogens is 300 g/mol. The van der Waals surface area contributed by atoms with Crippen LogP contribution in [-0.2, 0) is 4.74 Å². The summed E-state index contributed by atoms with van der Waals surface area (Å²) in [5, 5.41) is 3.17. The molecule has 24 heavy (non-hydrogen) atoms. The fourth-order valence-corrected chi connectivity index (χ4v) is 3.28. The van der Waals surface area contributed by atoms with Gasteiger partial charge in [0.2, 0.25) is 5.90 Å². The van der Waals surface area contributed by atoms with E-state index in [4.69, 9.17) is 9.73 Å². The van der Waals surface area contributed by atoms with Crippen molar-refractivity contribution in [2.45, 2.75) is 65.0 Å². The molecule has 1 N–H and O–H groups in total. The molecule has 0 saturated heterocycles. The van der Waals surface area contributed by atoms with Crippen LogP contribution < -0.4 is 5.32 Å². The average Bonchev–Trinajstić information content (AvgIpc) is 3.06. The van der Waals surface area contributed by atoms with Crippen molar-refractivity contribution in [1.82, 2.24) is 5.32 Å². The van der Waals surface area contributed by atoms with Gasteiger partial charge in [0, 0.05) is 17.2 Å². The second-order valence-corrected chi connectivity index (χ2v) is 8.02. The fraction of sp³-hybridized carbons (Fsp3) is 0.600. The summed E-state index contributed by atoms with van der Waals surface area (Å²) in [7, 11) is 0. The highest BCUT2D eigenvalue weighted by Crippen LogP contribution is 2.27. The average molecular weight is 328 g/mol. The lowest BCUT2D eigenvalue weighted by Gasteiger charge is -2.22. The number of nitrogens with zero attached hydrogens (tertiary/aromatic N) is 1. The lowest BCUT2D eigenvalue weighted by Crippen LogP contribution is -2.36. The van der Waals surface area contributed by atoms with Crippen LogP contribution in [0.15, 0.2) is 29.3 Å². The van der Waals surface area contributed by atoms with Crippen LogP contribution in [0.4, 0.5) is 0 Å². The molecule has 2 aliphatic rings. The van der Waals surface area contributed by atoms with Crippen LogP contribution >= 0.6 is 0 Å². The zero-order valence-corrected chi connectivity index (χ0v) is 15.0. The minimum atomic E-state index is 0.00900. The van der Waals surface area contributed by atoms with Crippen molar-refractivity contribution < 1.29 is 9.53 Å². The maximum atomic E-state index is 12.5. The first-order valence-corrected chi connectivity index (χ1v) is 9.05. The standard InChI is InChI=1S/C20H28N2O2/c1-20(2,3)17-13-24-19(22-17)15-9-7-8-14(12-15)18(23)21-16-10-5-4-6-11-16/h7-9,12,16-17H,4-6,10-11,13H2,1-3H3,(H,21,23). The van der Waals surface area contributed by atoms with E-state index < -0.39 is 0 Å². The number of hydrogen-bond acceptors (Lipinski definition) is 3. The Morgan fingerprint density at radius 2 is 1.96 bits per heavy atom. The Hall–Kier alpha value is -1.84. The van der Waals surface area contributed by atoms with Crippen LogP contribution in [0.5, 0.6) is 0 Å². The van der Waals surface area contributed by atoms with E-state index in [1.165, 1.54) is 19.3 Å². The Morgan fingerprint density at radius 1 is 1.21 bits per heavy atom. The number of nitrogens with one attached hydrogen (secondary N) is 1. The number of rotatable bonds is 3. The van der Waals surface area contributed by atoms with Crippen LogP contribution in [0.2, 0.25) is 0 Å². The van der Waals surface area contributed by atoms with Gasteiger partial charge in [-0.3, -0.25) is 4.79 Å². The summed E-state index contributed by atoms with van der Waals surface area (Å²) in [6, 6.07) is 8.09. The Labute approximate surface area is 144 Å². The van der Waals surface area contributed by atoms with Crippen LogP contribution in [-0.4, -0.2) is 30.5 Å². The van der Waals surface area contributed by atoms with Crippen LogP contribution in [0, 0.1) is 5.41 Å². The molecule has 4 heteroatoms. The molecule has 3 rings (SSSR count). The van der Waals surface area contributed by atoms with Gasteiger partial charge in [0.05, 0.1) is 6.04 Å². The van der Waals surface area contributed by atoms with Crippen molar-refractivity contribution in [3.8, 4) is 0 Å². The van der Waals surface area contributed by atoms with Gasteiger partial charge in [-0.15, -0.1) is 0 Å². The summed E-state index contributed by atoms with van der Waals surface area (Å²) >= 11 is 0. The van der Waals surface area contributed by atoms with E-state index in [-0.39, 0.29) is 17.4 Å². The van der Waals surface area contributed by atoms with Crippen molar-refractivity contribution in [2.24, 2.45) is 10.4 Å². The third-order valence-electron chi connectivity index (χ3n) is 4.96. The van der Waals surface area contributed by atoms with Gasteiger partial charge < -0.3 is 10.1 Å². The molecule has 1 aromatic rings. The molecule has 4 nitrogen and oxygen atoms in total. The number of hydrogen-bond donors (Lipinski definition) is 1. The highest BCUT2D eigenvalue weighted by molar-refractivity contribution is 6.00. The fourth-order valence-electron chi connectivity index (χ4n) is 3.28. The second kappa shape index (κ2) is 6.96. The molecule has 1 fully saturated rings.